The van der Waals surface area contributed by atoms with Crippen molar-refractivity contribution >= 4 is 17.4 Å². The SMILES string of the molecule is CN/C=C(/C(C)=O)C(C)[C@@H](CC(=O)CN/N=C(\C)N)C[C@H]1CCN1. The van der Waals surface area contributed by atoms with Crippen LogP contribution >= 0.6 is 0 Å². The van der Waals surface area contributed by atoms with Gasteiger partial charge in [0.1, 0.15) is 5.84 Å². The third-order valence-electron chi connectivity index (χ3n) is 4.44. The Morgan fingerprint density at radius 2 is 2.08 bits per heavy atom. The molecule has 0 saturated carbocycles. The van der Waals surface area contributed by atoms with Gasteiger partial charge in [0, 0.05) is 31.3 Å². The fourth-order valence-corrected chi connectivity index (χ4v) is 2.96. The minimum Gasteiger partial charge on any atom is -0.394 e. The first-order valence-electron chi connectivity index (χ1n) is 8.51. The Balaban J connectivity index is 2.74. The molecule has 136 valence electrons. The van der Waals surface area contributed by atoms with Gasteiger partial charge in [0.15, 0.2) is 11.6 Å². The molecule has 1 heterocycles. The minimum absolute atomic E-state index is 0.0149. The molecular weight excluding hydrogens is 306 g/mol. The Bertz CT molecular complexity index is 493. The summed E-state index contributed by atoms with van der Waals surface area (Å²) < 4.78 is 0. The Morgan fingerprint density at radius 3 is 2.54 bits per heavy atom. The van der Waals surface area contributed by atoms with E-state index in [-0.39, 0.29) is 29.9 Å². The number of hydrogen-bond acceptors (Lipinski definition) is 6. The monoisotopic (exact) mass is 337 g/mol. The highest BCUT2D eigenvalue weighted by atomic mass is 16.1. The summed E-state index contributed by atoms with van der Waals surface area (Å²) in [4.78, 5) is 24.2. The number of nitrogens with two attached hydrogens (primary N) is 1. The number of hydrogen-bond donors (Lipinski definition) is 4. The standard InChI is InChI=1S/C17H31N5O2/c1-11(17(10-19-4)12(2)23)14(7-15-5-6-20-15)8-16(24)9-21-22-13(3)18/h10-11,14-15,19-21H,5-9H2,1-4H3,(H2,18,22)/b17-10+/t11?,14-,15-/m1/s1. The highest BCUT2D eigenvalue weighted by Crippen LogP contribution is 2.30. The molecule has 3 atom stereocenters. The third-order valence-corrected chi connectivity index (χ3v) is 4.44. The predicted molar refractivity (Wildman–Crippen MR) is 96.4 cm³/mol. The third kappa shape index (κ3) is 6.70. The second-order valence-corrected chi connectivity index (χ2v) is 6.50. The minimum atomic E-state index is 0.0149. The van der Waals surface area contributed by atoms with E-state index >= 15 is 0 Å². The molecule has 0 aromatic rings. The Labute approximate surface area is 144 Å². The summed E-state index contributed by atoms with van der Waals surface area (Å²) in [5.74, 6) is 0.632. The predicted octanol–water partition coefficient (Wildman–Crippen LogP) is 0.524. The molecule has 5 N–H and O–H groups in total. The molecule has 0 radical (unpaired) electrons. The quantitative estimate of drug-likeness (QED) is 0.189. The molecule has 24 heavy (non-hydrogen) atoms. The number of ketones is 2. The lowest BCUT2D eigenvalue weighted by Crippen LogP contribution is -2.45. The van der Waals surface area contributed by atoms with Crippen molar-refractivity contribution in [2.75, 3.05) is 20.1 Å². The highest BCUT2D eigenvalue weighted by Gasteiger charge is 2.29. The Kier molecular flexibility index (Phi) is 8.46. The molecule has 1 saturated heterocycles. The molecule has 1 fully saturated rings. The van der Waals surface area contributed by atoms with Crippen LogP contribution in [0, 0.1) is 11.8 Å². The van der Waals surface area contributed by atoms with Gasteiger partial charge in [-0.15, -0.1) is 0 Å². The second-order valence-electron chi connectivity index (χ2n) is 6.50. The van der Waals surface area contributed by atoms with E-state index < -0.39 is 0 Å². The molecule has 0 aromatic carbocycles. The van der Waals surface area contributed by atoms with Crippen LogP contribution in [0.2, 0.25) is 0 Å². The van der Waals surface area contributed by atoms with Crippen molar-refractivity contribution in [1.29, 1.82) is 0 Å². The van der Waals surface area contributed by atoms with Gasteiger partial charge >= 0.3 is 0 Å². The molecule has 7 heteroatoms. The van der Waals surface area contributed by atoms with Crippen molar-refractivity contribution in [3.63, 3.8) is 0 Å². The number of allylic oxidation sites excluding steroid dienone is 1. The van der Waals surface area contributed by atoms with Crippen LogP contribution in [-0.2, 0) is 9.59 Å². The second kappa shape index (κ2) is 10.1. The van der Waals surface area contributed by atoms with Crippen molar-refractivity contribution < 1.29 is 9.59 Å². The summed E-state index contributed by atoms with van der Waals surface area (Å²) in [5.41, 5.74) is 8.87. The van der Waals surface area contributed by atoms with Crippen molar-refractivity contribution in [1.82, 2.24) is 16.1 Å². The zero-order valence-electron chi connectivity index (χ0n) is 15.2. The molecular formula is C17H31N5O2. The summed E-state index contributed by atoms with van der Waals surface area (Å²) in [6.45, 7) is 6.43. The number of nitrogens with zero attached hydrogens (tertiary/aromatic N) is 1. The van der Waals surface area contributed by atoms with Crippen LogP contribution in [0.3, 0.4) is 0 Å². The van der Waals surface area contributed by atoms with E-state index in [1.807, 2.05) is 6.92 Å². The first kappa shape index (κ1) is 20.2. The van der Waals surface area contributed by atoms with E-state index in [2.05, 4.69) is 21.2 Å². The Hall–Kier alpha value is -1.89. The Morgan fingerprint density at radius 1 is 1.42 bits per heavy atom. The van der Waals surface area contributed by atoms with Crippen LogP contribution in [0.4, 0.5) is 0 Å². The summed E-state index contributed by atoms with van der Waals surface area (Å²) in [7, 11) is 1.78. The first-order valence-corrected chi connectivity index (χ1v) is 8.51. The summed E-state index contributed by atoms with van der Waals surface area (Å²) in [5, 5.41) is 10.1. The molecule has 0 spiro atoms. The fourth-order valence-electron chi connectivity index (χ4n) is 2.96. The average molecular weight is 337 g/mol. The van der Waals surface area contributed by atoms with Crippen molar-refractivity contribution in [2.45, 2.75) is 46.1 Å². The number of rotatable bonds is 11. The molecule has 0 bridgehead atoms. The van der Waals surface area contributed by atoms with E-state index in [9.17, 15) is 9.59 Å². The van der Waals surface area contributed by atoms with Gasteiger partial charge in [-0.2, -0.15) is 5.10 Å². The van der Waals surface area contributed by atoms with Gasteiger partial charge in [-0.1, -0.05) is 6.92 Å². The zero-order chi connectivity index (χ0) is 18.1. The summed E-state index contributed by atoms with van der Waals surface area (Å²) in [6.07, 6.45) is 4.18. The maximum Gasteiger partial charge on any atom is 0.157 e. The number of amidine groups is 1. The van der Waals surface area contributed by atoms with Gasteiger partial charge in [-0.05, 0) is 45.1 Å². The van der Waals surface area contributed by atoms with Gasteiger partial charge in [-0.3, -0.25) is 9.59 Å². The van der Waals surface area contributed by atoms with Crippen LogP contribution in [0.1, 0.15) is 40.0 Å². The number of Topliss-reactive ketones (excluding diaryl/α,β-unsaturated/α-hetero) is 2. The lowest BCUT2D eigenvalue weighted by Gasteiger charge is -2.34. The normalized spacial score (nSPS) is 20.8. The topological polar surface area (TPSA) is 109 Å². The summed E-state index contributed by atoms with van der Waals surface area (Å²) in [6, 6.07) is 0.435. The smallest absolute Gasteiger partial charge is 0.157 e. The lowest BCUT2D eigenvalue weighted by atomic mass is 9.78. The number of nitrogens with one attached hydrogen (secondary N) is 3. The number of carbonyl (C=O) groups excluding carboxylic acids is 2. The number of carbonyl (C=O) groups is 2. The van der Waals surface area contributed by atoms with Crippen LogP contribution < -0.4 is 21.8 Å². The van der Waals surface area contributed by atoms with Gasteiger partial charge in [0.25, 0.3) is 0 Å². The molecule has 1 rings (SSSR count). The van der Waals surface area contributed by atoms with Gasteiger partial charge in [-0.25, -0.2) is 0 Å². The van der Waals surface area contributed by atoms with E-state index in [0.717, 1.165) is 25.0 Å². The van der Waals surface area contributed by atoms with Crippen LogP contribution in [-0.4, -0.2) is 43.6 Å². The van der Waals surface area contributed by atoms with E-state index in [1.54, 1.807) is 27.1 Å². The van der Waals surface area contributed by atoms with Crippen LogP contribution in [0.5, 0.6) is 0 Å². The molecule has 1 unspecified atom stereocenters. The first-order chi connectivity index (χ1) is 11.3. The molecule has 0 aromatic heterocycles. The molecule has 0 aliphatic carbocycles. The maximum absolute atomic E-state index is 12.3. The van der Waals surface area contributed by atoms with Crippen LogP contribution in [0.25, 0.3) is 0 Å². The fraction of sp³-hybridized carbons (Fsp3) is 0.706. The maximum atomic E-state index is 12.3. The lowest BCUT2D eigenvalue weighted by molar-refractivity contribution is -0.120. The van der Waals surface area contributed by atoms with Crippen molar-refractivity contribution in [3.8, 4) is 0 Å². The molecule has 1 aliphatic heterocycles. The van der Waals surface area contributed by atoms with Crippen LogP contribution in [0.15, 0.2) is 16.9 Å². The van der Waals surface area contributed by atoms with E-state index in [4.69, 9.17) is 5.73 Å². The van der Waals surface area contributed by atoms with Gasteiger partial charge in [0.2, 0.25) is 0 Å². The van der Waals surface area contributed by atoms with E-state index in [1.165, 1.54) is 0 Å². The largest absolute Gasteiger partial charge is 0.394 e. The summed E-state index contributed by atoms with van der Waals surface area (Å²) >= 11 is 0. The highest BCUT2D eigenvalue weighted by molar-refractivity contribution is 5.93. The zero-order valence-corrected chi connectivity index (χ0v) is 15.2. The molecule has 0 amide bonds. The molecule has 1 aliphatic rings. The molecule has 7 nitrogen and oxygen atoms in total. The van der Waals surface area contributed by atoms with Crippen molar-refractivity contribution in [2.24, 2.45) is 22.7 Å². The van der Waals surface area contributed by atoms with E-state index in [0.29, 0.717) is 18.3 Å². The van der Waals surface area contributed by atoms with Gasteiger partial charge < -0.3 is 21.8 Å². The van der Waals surface area contributed by atoms with Crippen molar-refractivity contribution in [3.05, 3.63) is 11.8 Å². The average Bonchev–Trinajstić information content (AvgIpc) is 2.45. The van der Waals surface area contributed by atoms with Gasteiger partial charge in [0.05, 0.1) is 6.54 Å². The number of hydrazone groups is 1.